The summed E-state index contributed by atoms with van der Waals surface area (Å²) < 4.78 is 3.05. The summed E-state index contributed by atoms with van der Waals surface area (Å²) in [5, 5.41) is 0. The largest absolute Gasteiger partial charge is 0.294 e. The maximum absolute atomic E-state index is 4.21. The van der Waals surface area contributed by atoms with E-state index in [1.807, 2.05) is 22.7 Å². The van der Waals surface area contributed by atoms with Crippen LogP contribution in [-0.4, -0.2) is 9.38 Å². The summed E-state index contributed by atoms with van der Waals surface area (Å²) in [4.78, 5) is 4.21. The van der Waals surface area contributed by atoms with Crippen LogP contribution in [0.3, 0.4) is 0 Å². The van der Waals surface area contributed by atoms with Gasteiger partial charge in [0.2, 0.25) is 0 Å². The Labute approximate surface area is 73.0 Å². The van der Waals surface area contributed by atoms with E-state index < -0.39 is 0 Å². The van der Waals surface area contributed by atoms with Gasteiger partial charge in [-0.05, 0) is 34.5 Å². The summed E-state index contributed by atoms with van der Waals surface area (Å²) in [5.74, 6) is 0. The minimum Gasteiger partial charge on any atom is -0.294 e. The Bertz CT molecular complexity index is 356. The van der Waals surface area contributed by atoms with Crippen molar-refractivity contribution in [3.05, 3.63) is 34.7 Å². The highest BCUT2D eigenvalue weighted by atomic mass is 79.9. The summed E-state index contributed by atoms with van der Waals surface area (Å²) in [6.45, 7) is 2.05. The normalized spacial score (nSPS) is 10.7. The van der Waals surface area contributed by atoms with Crippen LogP contribution in [-0.2, 0) is 0 Å². The number of hydrogen-bond acceptors (Lipinski definition) is 1. The van der Waals surface area contributed by atoms with E-state index in [0.29, 0.717) is 0 Å². The predicted molar refractivity (Wildman–Crippen MR) is 47.6 cm³/mol. The van der Waals surface area contributed by atoms with E-state index in [-0.39, 0.29) is 0 Å². The molecule has 3 heteroatoms. The lowest BCUT2D eigenvalue weighted by molar-refractivity contribution is 1.12. The van der Waals surface area contributed by atoms with Crippen molar-refractivity contribution in [2.75, 3.05) is 0 Å². The molecule has 0 saturated carbocycles. The van der Waals surface area contributed by atoms with E-state index in [2.05, 4.69) is 27.8 Å². The average Bonchev–Trinajstić information content (AvgIpc) is 2.45. The molecule has 0 N–H and O–H groups in total. The monoisotopic (exact) mass is 210 g/mol. The fraction of sp³-hybridized carbons (Fsp3) is 0.125. The molecular formula is C8H7BrN2. The van der Waals surface area contributed by atoms with Gasteiger partial charge in [-0.2, -0.15) is 0 Å². The Hall–Kier alpha value is -0.830. The zero-order valence-corrected chi connectivity index (χ0v) is 7.67. The van der Waals surface area contributed by atoms with E-state index in [1.54, 1.807) is 6.20 Å². The summed E-state index contributed by atoms with van der Waals surface area (Å²) >= 11 is 3.43. The quantitative estimate of drug-likeness (QED) is 0.611. The van der Waals surface area contributed by atoms with Crippen LogP contribution in [0.25, 0.3) is 5.65 Å². The van der Waals surface area contributed by atoms with Gasteiger partial charge in [0.15, 0.2) is 0 Å². The Kier molecular flexibility index (Phi) is 1.46. The average molecular weight is 211 g/mol. The molecule has 11 heavy (non-hydrogen) atoms. The Morgan fingerprint density at radius 3 is 3.00 bits per heavy atom. The number of aromatic nitrogens is 2. The van der Waals surface area contributed by atoms with E-state index in [9.17, 15) is 0 Å². The molecule has 2 nitrogen and oxygen atoms in total. The maximum Gasteiger partial charge on any atom is 0.140 e. The number of aryl methyl sites for hydroxylation is 1. The first-order valence-corrected chi connectivity index (χ1v) is 4.16. The molecule has 0 atom stereocenters. The molecule has 0 fully saturated rings. The second kappa shape index (κ2) is 2.34. The summed E-state index contributed by atoms with van der Waals surface area (Å²) in [7, 11) is 0. The lowest BCUT2D eigenvalue weighted by Gasteiger charge is -1.98. The molecule has 0 aliphatic heterocycles. The lowest BCUT2D eigenvalue weighted by atomic mass is 10.3. The van der Waals surface area contributed by atoms with Gasteiger partial charge in [0.05, 0.1) is 4.60 Å². The minimum atomic E-state index is 1.01. The molecule has 0 aliphatic carbocycles. The highest BCUT2D eigenvalue weighted by Crippen LogP contribution is 2.15. The fourth-order valence-corrected chi connectivity index (χ4v) is 1.53. The van der Waals surface area contributed by atoms with Crippen LogP contribution < -0.4 is 0 Å². The van der Waals surface area contributed by atoms with Gasteiger partial charge in [-0.15, -0.1) is 0 Å². The number of fused-ring (bicyclic) bond motifs is 1. The molecule has 0 spiro atoms. The van der Waals surface area contributed by atoms with E-state index in [1.165, 1.54) is 5.56 Å². The topological polar surface area (TPSA) is 17.3 Å². The third-order valence-electron chi connectivity index (χ3n) is 1.69. The van der Waals surface area contributed by atoms with Gasteiger partial charge in [0, 0.05) is 12.4 Å². The molecule has 2 rings (SSSR count). The van der Waals surface area contributed by atoms with Gasteiger partial charge >= 0.3 is 0 Å². The molecule has 0 aromatic carbocycles. The first-order valence-electron chi connectivity index (χ1n) is 3.37. The van der Waals surface area contributed by atoms with Gasteiger partial charge in [0.25, 0.3) is 0 Å². The SMILES string of the molecule is Cc1ccc(Br)n2ccnc12. The van der Waals surface area contributed by atoms with Crippen molar-refractivity contribution in [3.63, 3.8) is 0 Å². The molecule has 2 aromatic rings. The van der Waals surface area contributed by atoms with Crippen LogP contribution in [0.5, 0.6) is 0 Å². The van der Waals surface area contributed by atoms with Crippen LogP contribution in [0.4, 0.5) is 0 Å². The van der Waals surface area contributed by atoms with Crippen molar-refractivity contribution in [3.8, 4) is 0 Å². The molecule has 0 saturated heterocycles. The highest BCUT2D eigenvalue weighted by Gasteiger charge is 1.99. The number of rotatable bonds is 0. The van der Waals surface area contributed by atoms with Crippen molar-refractivity contribution >= 4 is 21.6 Å². The van der Waals surface area contributed by atoms with Crippen molar-refractivity contribution in [1.82, 2.24) is 9.38 Å². The number of halogens is 1. The third-order valence-corrected chi connectivity index (χ3v) is 2.34. The molecule has 2 aromatic heterocycles. The first-order chi connectivity index (χ1) is 5.29. The van der Waals surface area contributed by atoms with Crippen LogP contribution in [0.2, 0.25) is 0 Å². The molecule has 2 heterocycles. The minimum absolute atomic E-state index is 1.01. The van der Waals surface area contributed by atoms with E-state index in [4.69, 9.17) is 0 Å². The summed E-state index contributed by atoms with van der Waals surface area (Å²) in [6.07, 6.45) is 3.74. The fourth-order valence-electron chi connectivity index (χ4n) is 1.12. The van der Waals surface area contributed by atoms with E-state index >= 15 is 0 Å². The number of imidazole rings is 1. The standard InChI is InChI=1S/C8H7BrN2/c1-6-2-3-7(9)11-5-4-10-8(6)11/h2-5H,1H3. The highest BCUT2D eigenvalue weighted by molar-refractivity contribution is 9.10. The van der Waals surface area contributed by atoms with Crippen LogP contribution in [0.1, 0.15) is 5.56 Å². The van der Waals surface area contributed by atoms with Crippen molar-refractivity contribution in [1.29, 1.82) is 0 Å². The van der Waals surface area contributed by atoms with Crippen molar-refractivity contribution in [2.45, 2.75) is 6.92 Å². The lowest BCUT2D eigenvalue weighted by Crippen LogP contribution is -1.87. The zero-order chi connectivity index (χ0) is 7.84. The maximum atomic E-state index is 4.21. The number of hydrogen-bond donors (Lipinski definition) is 0. The van der Waals surface area contributed by atoms with Gasteiger partial charge in [0.1, 0.15) is 5.65 Å². The number of pyridine rings is 1. The smallest absolute Gasteiger partial charge is 0.140 e. The van der Waals surface area contributed by atoms with Gasteiger partial charge < -0.3 is 0 Å². The molecule has 0 unspecified atom stereocenters. The Balaban J connectivity index is 2.96. The molecule has 0 amide bonds. The van der Waals surface area contributed by atoms with Crippen molar-refractivity contribution in [2.24, 2.45) is 0 Å². The second-order valence-electron chi connectivity index (χ2n) is 2.46. The second-order valence-corrected chi connectivity index (χ2v) is 3.27. The summed E-state index contributed by atoms with van der Waals surface area (Å²) in [6, 6.07) is 4.07. The van der Waals surface area contributed by atoms with Gasteiger partial charge in [-0.3, -0.25) is 4.40 Å². The van der Waals surface area contributed by atoms with Crippen LogP contribution in [0, 0.1) is 6.92 Å². The van der Waals surface area contributed by atoms with Crippen LogP contribution in [0.15, 0.2) is 29.1 Å². The first kappa shape index (κ1) is 6.85. The summed E-state index contributed by atoms with van der Waals surface area (Å²) in [5.41, 5.74) is 2.21. The third kappa shape index (κ3) is 0.959. The molecular weight excluding hydrogens is 204 g/mol. The number of nitrogens with zero attached hydrogens (tertiary/aromatic N) is 2. The zero-order valence-electron chi connectivity index (χ0n) is 6.08. The van der Waals surface area contributed by atoms with Crippen LogP contribution >= 0.6 is 15.9 Å². The molecule has 0 bridgehead atoms. The molecule has 56 valence electrons. The van der Waals surface area contributed by atoms with E-state index in [0.717, 1.165) is 10.3 Å². The van der Waals surface area contributed by atoms with Crippen molar-refractivity contribution < 1.29 is 0 Å². The Morgan fingerprint density at radius 1 is 1.45 bits per heavy atom. The van der Waals surface area contributed by atoms with Gasteiger partial charge in [-0.1, -0.05) is 6.07 Å². The Morgan fingerprint density at radius 2 is 2.27 bits per heavy atom. The molecule has 0 radical (unpaired) electrons. The predicted octanol–water partition coefficient (Wildman–Crippen LogP) is 2.41. The molecule has 0 aliphatic rings. The van der Waals surface area contributed by atoms with Gasteiger partial charge in [-0.25, -0.2) is 4.98 Å².